The summed E-state index contributed by atoms with van der Waals surface area (Å²) in [7, 11) is 1.93. The molecule has 1 unspecified atom stereocenters. The number of aryl methyl sites for hydroxylation is 1. The molecule has 62 valence electrons. The molecule has 0 aliphatic rings. The van der Waals surface area contributed by atoms with Crippen molar-refractivity contribution in [2.24, 2.45) is 12.8 Å². The minimum absolute atomic E-state index is 0.402. The lowest BCUT2D eigenvalue weighted by Crippen LogP contribution is -2.05. The van der Waals surface area contributed by atoms with Gasteiger partial charge in [-0.2, -0.15) is 0 Å². The number of rotatable bonds is 3. The van der Waals surface area contributed by atoms with Crippen molar-refractivity contribution in [1.82, 2.24) is 4.57 Å². The van der Waals surface area contributed by atoms with Crippen LogP contribution in [0.4, 0.5) is 0 Å². The molecule has 1 atom stereocenters. The summed E-state index contributed by atoms with van der Waals surface area (Å²) in [6, 6.07) is 1.90. The largest absolute Gasteiger partial charge is 0.388 e. The second kappa shape index (κ2) is 3.55. The molecule has 0 spiro atoms. The molecule has 1 heterocycles. The van der Waals surface area contributed by atoms with Gasteiger partial charge in [-0.3, -0.25) is 0 Å². The molecular weight excluding hydrogens is 140 g/mol. The highest BCUT2D eigenvalue weighted by Crippen LogP contribution is 2.14. The SMILES string of the molecule is Cn1ccc(C(O)CCN)c1. The fraction of sp³-hybridized carbons (Fsp3) is 0.500. The molecule has 1 aromatic rings. The van der Waals surface area contributed by atoms with E-state index in [0.717, 1.165) is 5.56 Å². The number of hydrogen-bond acceptors (Lipinski definition) is 2. The van der Waals surface area contributed by atoms with E-state index in [9.17, 15) is 5.11 Å². The van der Waals surface area contributed by atoms with Gasteiger partial charge in [0.1, 0.15) is 0 Å². The van der Waals surface area contributed by atoms with Gasteiger partial charge in [-0.15, -0.1) is 0 Å². The Morgan fingerprint density at radius 1 is 1.73 bits per heavy atom. The Labute approximate surface area is 66.4 Å². The van der Waals surface area contributed by atoms with Crippen LogP contribution in [0.1, 0.15) is 18.1 Å². The van der Waals surface area contributed by atoms with Crippen LogP contribution >= 0.6 is 0 Å². The number of nitrogens with two attached hydrogens (primary N) is 1. The summed E-state index contributed by atoms with van der Waals surface area (Å²) < 4.78 is 1.91. The van der Waals surface area contributed by atoms with E-state index >= 15 is 0 Å². The summed E-state index contributed by atoms with van der Waals surface area (Å²) in [6.45, 7) is 0.524. The van der Waals surface area contributed by atoms with Crippen molar-refractivity contribution in [1.29, 1.82) is 0 Å². The molecule has 1 rings (SSSR count). The first kappa shape index (κ1) is 8.30. The second-order valence-electron chi connectivity index (χ2n) is 2.70. The van der Waals surface area contributed by atoms with Crippen molar-refractivity contribution in [2.75, 3.05) is 6.54 Å². The smallest absolute Gasteiger partial charge is 0.0816 e. The van der Waals surface area contributed by atoms with Crippen LogP contribution in [-0.4, -0.2) is 16.2 Å². The number of aromatic nitrogens is 1. The summed E-state index contributed by atoms with van der Waals surface area (Å²) in [6.07, 6.45) is 4.04. The zero-order valence-electron chi connectivity index (χ0n) is 6.70. The lowest BCUT2D eigenvalue weighted by molar-refractivity contribution is 0.170. The van der Waals surface area contributed by atoms with E-state index in [-0.39, 0.29) is 0 Å². The van der Waals surface area contributed by atoms with Crippen molar-refractivity contribution in [3.63, 3.8) is 0 Å². The maximum Gasteiger partial charge on any atom is 0.0816 e. The van der Waals surface area contributed by atoms with Gasteiger partial charge in [-0.25, -0.2) is 0 Å². The average Bonchev–Trinajstić information content (AvgIpc) is 2.36. The van der Waals surface area contributed by atoms with Crippen molar-refractivity contribution in [3.8, 4) is 0 Å². The molecule has 0 aliphatic carbocycles. The minimum Gasteiger partial charge on any atom is -0.388 e. The Balaban J connectivity index is 2.60. The summed E-state index contributed by atoms with van der Waals surface area (Å²) in [5.74, 6) is 0. The zero-order chi connectivity index (χ0) is 8.27. The minimum atomic E-state index is -0.402. The normalized spacial score (nSPS) is 13.4. The third-order valence-electron chi connectivity index (χ3n) is 1.68. The maximum absolute atomic E-state index is 9.44. The molecule has 1 aromatic heterocycles. The highest BCUT2D eigenvalue weighted by atomic mass is 16.3. The highest BCUT2D eigenvalue weighted by molar-refractivity contribution is 5.12. The molecular formula is C8H14N2O. The molecule has 3 heteroatoms. The van der Waals surface area contributed by atoms with E-state index in [0.29, 0.717) is 13.0 Å². The summed E-state index contributed by atoms with van der Waals surface area (Å²) in [4.78, 5) is 0. The van der Waals surface area contributed by atoms with Gasteiger partial charge >= 0.3 is 0 Å². The molecule has 0 amide bonds. The van der Waals surface area contributed by atoms with Crippen LogP contribution in [0.5, 0.6) is 0 Å². The first-order valence-electron chi connectivity index (χ1n) is 3.74. The lowest BCUT2D eigenvalue weighted by Gasteiger charge is -2.05. The number of aliphatic hydroxyl groups excluding tert-OH is 1. The quantitative estimate of drug-likeness (QED) is 0.662. The fourth-order valence-corrected chi connectivity index (χ4v) is 1.05. The van der Waals surface area contributed by atoms with E-state index in [1.54, 1.807) is 0 Å². The lowest BCUT2D eigenvalue weighted by atomic mass is 10.1. The van der Waals surface area contributed by atoms with Crippen LogP contribution in [0.15, 0.2) is 18.5 Å². The van der Waals surface area contributed by atoms with Crippen LogP contribution in [0.25, 0.3) is 0 Å². The van der Waals surface area contributed by atoms with Crippen molar-refractivity contribution >= 4 is 0 Å². The molecule has 3 nitrogen and oxygen atoms in total. The monoisotopic (exact) mass is 154 g/mol. The van der Waals surface area contributed by atoms with Gasteiger partial charge in [0.15, 0.2) is 0 Å². The molecule has 0 fully saturated rings. The van der Waals surface area contributed by atoms with Crippen molar-refractivity contribution in [2.45, 2.75) is 12.5 Å². The summed E-state index contributed by atoms with van der Waals surface area (Å²) in [5, 5.41) is 9.44. The van der Waals surface area contributed by atoms with Gasteiger partial charge in [0.25, 0.3) is 0 Å². The Kier molecular flexibility index (Phi) is 2.68. The first-order valence-corrected chi connectivity index (χ1v) is 3.74. The third kappa shape index (κ3) is 2.06. The fourth-order valence-electron chi connectivity index (χ4n) is 1.05. The van der Waals surface area contributed by atoms with E-state index in [4.69, 9.17) is 5.73 Å². The Hall–Kier alpha value is -0.800. The summed E-state index contributed by atoms with van der Waals surface area (Å²) >= 11 is 0. The van der Waals surface area contributed by atoms with Gasteiger partial charge in [-0.05, 0) is 24.6 Å². The Bertz CT molecular complexity index is 220. The predicted octanol–water partition coefficient (Wildman–Crippen LogP) is 0.407. The van der Waals surface area contributed by atoms with E-state index in [1.165, 1.54) is 0 Å². The van der Waals surface area contributed by atoms with Gasteiger partial charge in [0.05, 0.1) is 6.10 Å². The first-order chi connectivity index (χ1) is 5.24. The third-order valence-corrected chi connectivity index (χ3v) is 1.68. The van der Waals surface area contributed by atoms with Crippen molar-refractivity contribution < 1.29 is 5.11 Å². The number of aliphatic hydroxyl groups is 1. The number of hydrogen-bond donors (Lipinski definition) is 2. The van der Waals surface area contributed by atoms with E-state index < -0.39 is 6.10 Å². The molecule has 3 N–H and O–H groups in total. The Morgan fingerprint density at radius 3 is 2.91 bits per heavy atom. The molecule has 0 saturated carbocycles. The van der Waals surface area contributed by atoms with Gasteiger partial charge < -0.3 is 15.4 Å². The second-order valence-corrected chi connectivity index (χ2v) is 2.70. The standard InChI is InChI=1S/C8H14N2O/c1-10-5-3-7(6-10)8(11)2-4-9/h3,5-6,8,11H,2,4,9H2,1H3. The molecule has 0 radical (unpaired) electrons. The summed E-state index contributed by atoms with van der Waals surface area (Å²) in [5.41, 5.74) is 6.25. The Morgan fingerprint density at radius 2 is 2.45 bits per heavy atom. The maximum atomic E-state index is 9.44. The predicted molar refractivity (Wildman–Crippen MR) is 44.0 cm³/mol. The van der Waals surface area contributed by atoms with Crippen LogP contribution in [0.2, 0.25) is 0 Å². The van der Waals surface area contributed by atoms with Gasteiger partial charge in [0.2, 0.25) is 0 Å². The van der Waals surface area contributed by atoms with Crippen molar-refractivity contribution in [3.05, 3.63) is 24.0 Å². The van der Waals surface area contributed by atoms with Crippen LogP contribution < -0.4 is 5.73 Å². The van der Waals surface area contributed by atoms with Gasteiger partial charge in [-0.1, -0.05) is 0 Å². The molecule has 0 saturated heterocycles. The molecule has 0 aromatic carbocycles. The molecule has 11 heavy (non-hydrogen) atoms. The average molecular weight is 154 g/mol. The van der Waals surface area contributed by atoms with Crippen LogP contribution in [0.3, 0.4) is 0 Å². The molecule has 0 aliphatic heterocycles. The topological polar surface area (TPSA) is 51.2 Å². The highest BCUT2D eigenvalue weighted by Gasteiger charge is 2.05. The molecule has 0 bridgehead atoms. The van der Waals surface area contributed by atoms with Crippen LogP contribution in [-0.2, 0) is 7.05 Å². The number of nitrogens with zero attached hydrogens (tertiary/aromatic N) is 1. The van der Waals surface area contributed by atoms with Crippen LogP contribution in [0, 0.1) is 0 Å². The van der Waals surface area contributed by atoms with Gasteiger partial charge in [0, 0.05) is 19.4 Å². The van der Waals surface area contributed by atoms with E-state index in [2.05, 4.69) is 0 Å². The zero-order valence-corrected chi connectivity index (χ0v) is 6.70. The van der Waals surface area contributed by atoms with E-state index in [1.807, 2.05) is 30.1 Å².